The van der Waals surface area contributed by atoms with E-state index in [2.05, 4.69) is 20.6 Å². The summed E-state index contributed by atoms with van der Waals surface area (Å²) in [6, 6.07) is 0.108. The Bertz CT molecular complexity index is 876. The second kappa shape index (κ2) is 10.1. The number of aromatic nitrogens is 3. The first kappa shape index (κ1) is 23.0. The van der Waals surface area contributed by atoms with Crippen LogP contribution in [0.4, 0.5) is 0 Å². The molecule has 1 aliphatic carbocycles. The molecular weight excluding hydrogens is 398 g/mol. The number of nitrogens with one attached hydrogen (secondary N) is 1. The molecule has 1 fully saturated rings. The van der Waals surface area contributed by atoms with Gasteiger partial charge in [-0.1, -0.05) is 24.2 Å². The number of hydrogen-bond donors (Lipinski definition) is 1. The number of carbonyl (C=O) groups excluding carboxylic acids is 2. The molecule has 0 unspecified atom stereocenters. The summed E-state index contributed by atoms with van der Waals surface area (Å²) in [5.41, 5.74) is 1.61. The molecular formula is C22H33N5O4. The summed E-state index contributed by atoms with van der Waals surface area (Å²) < 4.78 is 10.3. The molecule has 0 saturated heterocycles. The Hall–Kier alpha value is -2.71. The summed E-state index contributed by atoms with van der Waals surface area (Å²) >= 11 is 0. The minimum absolute atomic E-state index is 0.00259. The Balaban J connectivity index is 1.40. The van der Waals surface area contributed by atoms with Crippen molar-refractivity contribution in [2.45, 2.75) is 78.2 Å². The molecule has 0 spiro atoms. The second-order valence-electron chi connectivity index (χ2n) is 8.81. The van der Waals surface area contributed by atoms with Crippen molar-refractivity contribution in [1.29, 1.82) is 0 Å². The number of amides is 2. The normalized spacial score (nSPS) is 18.9. The van der Waals surface area contributed by atoms with Crippen molar-refractivity contribution in [2.75, 3.05) is 13.6 Å². The summed E-state index contributed by atoms with van der Waals surface area (Å²) in [4.78, 5) is 31.3. The van der Waals surface area contributed by atoms with E-state index in [-0.39, 0.29) is 36.1 Å². The van der Waals surface area contributed by atoms with Crippen LogP contribution in [-0.4, -0.2) is 51.6 Å². The van der Waals surface area contributed by atoms with Gasteiger partial charge in [-0.25, -0.2) is 0 Å². The smallest absolute Gasteiger partial charge is 0.229 e. The maximum atomic E-state index is 12.8. The van der Waals surface area contributed by atoms with Crippen molar-refractivity contribution in [1.82, 2.24) is 25.5 Å². The summed E-state index contributed by atoms with van der Waals surface area (Å²) in [6.45, 7) is 8.22. The monoisotopic (exact) mass is 431 g/mol. The van der Waals surface area contributed by atoms with Gasteiger partial charge < -0.3 is 19.3 Å². The molecule has 0 atom stereocenters. The second-order valence-corrected chi connectivity index (χ2v) is 8.81. The Morgan fingerprint density at radius 1 is 1.13 bits per heavy atom. The predicted molar refractivity (Wildman–Crippen MR) is 113 cm³/mol. The van der Waals surface area contributed by atoms with Crippen molar-refractivity contribution in [3.63, 3.8) is 0 Å². The third-order valence-corrected chi connectivity index (χ3v) is 5.98. The first-order valence-corrected chi connectivity index (χ1v) is 11.0. The van der Waals surface area contributed by atoms with E-state index in [9.17, 15) is 9.59 Å². The van der Waals surface area contributed by atoms with E-state index in [1.165, 1.54) is 0 Å². The van der Waals surface area contributed by atoms with Crippen LogP contribution in [0.3, 0.4) is 0 Å². The topological polar surface area (TPSA) is 114 Å². The Morgan fingerprint density at radius 3 is 2.42 bits per heavy atom. The van der Waals surface area contributed by atoms with Crippen LogP contribution in [0.25, 0.3) is 0 Å². The molecule has 2 heterocycles. The average molecular weight is 432 g/mol. The predicted octanol–water partition coefficient (Wildman–Crippen LogP) is 2.72. The molecule has 0 bridgehead atoms. The zero-order valence-electron chi connectivity index (χ0n) is 19.1. The minimum Gasteiger partial charge on any atom is -0.361 e. The van der Waals surface area contributed by atoms with E-state index >= 15 is 0 Å². The Morgan fingerprint density at radius 2 is 1.84 bits per heavy atom. The van der Waals surface area contributed by atoms with E-state index in [0.29, 0.717) is 30.4 Å². The van der Waals surface area contributed by atoms with Crippen molar-refractivity contribution >= 4 is 11.8 Å². The maximum absolute atomic E-state index is 12.8. The standard InChI is InChI=1S/C22H33N5O4/c1-13(2)21-24-19(26-31-21)10-11-27(5)22(29)16-6-8-17(9-7-16)23-20(28)12-18-14(3)25-30-15(18)4/h13,16-17H,6-12H2,1-5H3,(H,23,28). The third kappa shape index (κ3) is 5.92. The largest absolute Gasteiger partial charge is 0.361 e. The highest BCUT2D eigenvalue weighted by atomic mass is 16.5. The zero-order valence-corrected chi connectivity index (χ0v) is 19.1. The lowest BCUT2D eigenvalue weighted by Crippen LogP contribution is -2.42. The van der Waals surface area contributed by atoms with Crippen LogP contribution in [0.1, 0.15) is 74.2 Å². The van der Waals surface area contributed by atoms with Crippen LogP contribution in [-0.2, 0) is 22.4 Å². The number of nitrogens with zero attached hydrogens (tertiary/aromatic N) is 4. The third-order valence-electron chi connectivity index (χ3n) is 5.98. The van der Waals surface area contributed by atoms with Crippen LogP contribution in [0, 0.1) is 19.8 Å². The number of aryl methyl sites for hydroxylation is 2. The summed E-state index contributed by atoms with van der Waals surface area (Å²) in [7, 11) is 1.82. The molecule has 0 aliphatic heterocycles. The zero-order chi connectivity index (χ0) is 22.5. The van der Waals surface area contributed by atoms with Crippen molar-refractivity contribution in [3.8, 4) is 0 Å². The van der Waals surface area contributed by atoms with Crippen molar-refractivity contribution in [3.05, 3.63) is 28.7 Å². The number of rotatable bonds is 8. The molecule has 0 radical (unpaired) electrons. The van der Waals surface area contributed by atoms with E-state index in [4.69, 9.17) is 9.05 Å². The van der Waals surface area contributed by atoms with Gasteiger partial charge in [-0.05, 0) is 39.5 Å². The van der Waals surface area contributed by atoms with Gasteiger partial charge in [-0.15, -0.1) is 0 Å². The molecule has 1 N–H and O–H groups in total. The van der Waals surface area contributed by atoms with Gasteiger partial charge in [-0.3, -0.25) is 9.59 Å². The lowest BCUT2D eigenvalue weighted by molar-refractivity contribution is -0.135. The molecule has 2 amide bonds. The first-order chi connectivity index (χ1) is 14.7. The SMILES string of the molecule is Cc1noc(C)c1CC(=O)NC1CCC(C(=O)N(C)CCc2noc(C(C)C)n2)CC1. The van der Waals surface area contributed by atoms with Crippen molar-refractivity contribution in [2.24, 2.45) is 5.92 Å². The Kier molecular flexibility index (Phi) is 7.46. The van der Waals surface area contributed by atoms with E-state index in [1.807, 2.05) is 34.7 Å². The molecule has 9 heteroatoms. The van der Waals surface area contributed by atoms with Crippen LogP contribution in [0.2, 0.25) is 0 Å². The minimum atomic E-state index is -0.0258. The highest BCUT2D eigenvalue weighted by Gasteiger charge is 2.29. The molecule has 170 valence electrons. The summed E-state index contributed by atoms with van der Waals surface area (Å²) in [5.74, 6) is 2.26. The lowest BCUT2D eigenvalue weighted by Gasteiger charge is -2.31. The molecule has 1 saturated carbocycles. The van der Waals surface area contributed by atoms with Gasteiger partial charge in [0, 0.05) is 43.5 Å². The number of likely N-dealkylation sites (N-methyl/N-ethyl adjacent to an activating group) is 1. The van der Waals surface area contributed by atoms with E-state index < -0.39 is 0 Å². The molecule has 2 aromatic rings. The van der Waals surface area contributed by atoms with Crippen LogP contribution < -0.4 is 5.32 Å². The molecule has 2 aromatic heterocycles. The van der Waals surface area contributed by atoms with Gasteiger partial charge >= 0.3 is 0 Å². The summed E-state index contributed by atoms with van der Waals surface area (Å²) in [6.07, 6.45) is 4.02. The van der Waals surface area contributed by atoms with Gasteiger partial charge in [-0.2, -0.15) is 4.98 Å². The fourth-order valence-corrected chi connectivity index (χ4v) is 3.97. The fraction of sp³-hybridized carbons (Fsp3) is 0.682. The maximum Gasteiger partial charge on any atom is 0.229 e. The number of hydrogen-bond acceptors (Lipinski definition) is 7. The first-order valence-electron chi connectivity index (χ1n) is 11.0. The lowest BCUT2D eigenvalue weighted by atomic mass is 9.85. The van der Waals surface area contributed by atoms with Crippen LogP contribution >= 0.6 is 0 Å². The molecule has 3 rings (SSSR count). The number of carbonyl (C=O) groups is 2. The average Bonchev–Trinajstić information content (AvgIpc) is 3.34. The highest BCUT2D eigenvalue weighted by molar-refractivity contribution is 5.80. The summed E-state index contributed by atoms with van der Waals surface area (Å²) in [5, 5.41) is 11.0. The molecule has 0 aromatic carbocycles. The van der Waals surface area contributed by atoms with Gasteiger partial charge in [0.15, 0.2) is 5.82 Å². The molecule has 31 heavy (non-hydrogen) atoms. The van der Waals surface area contributed by atoms with Crippen molar-refractivity contribution < 1.29 is 18.6 Å². The van der Waals surface area contributed by atoms with Crippen LogP contribution in [0.15, 0.2) is 9.05 Å². The molecule has 1 aliphatic rings. The van der Waals surface area contributed by atoms with Gasteiger partial charge in [0.2, 0.25) is 17.7 Å². The Labute approximate surface area is 182 Å². The molecule has 9 nitrogen and oxygen atoms in total. The highest BCUT2D eigenvalue weighted by Crippen LogP contribution is 2.26. The fourth-order valence-electron chi connectivity index (χ4n) is 3.97. The van der Waals surface area contributed by atoms with E-state index in [0.717, 1.165) is 36.9 Å². The van der Waals surface area contributed by atoms with Gasteiger partial charge in [0.25, 0.3) is 0 Å². The van der Waals surface area contributed by atoms with E-state index in [1.54, 1.807) is 4.90 Å². The van der Waals surface area contributed by atoms with Gasteiger partial charge in [0.1, 0.15) is 5.76 Å². The quantitative estimate of drug-likeness (QED) is 0.683. The van der Waals surface area contributed by atoms with Crippen LogP contribution in [0.5, 0.6) is 0 Å². The van der Waals surface area contributed by atoms with Gasteiger partial charge in [0.05, 0.1) is 12.1 Å².